The lowest BCUT2D eigenvalue weighted by molar-refractivity contribution is 0.457. The van der Waals surface area contributed by atoms with Crippen LogP contribution in [0.5, 0.6) is 0 Å². The molecule has 0 saturated carbocycles. The Morgan fingerprint density at radius 2 is 2.27 bits per heavy atom. The van der Waals surface area contributed by atoms with Crippen molar-refractivity contribution in [1.29, 1.82) is 0 Å². The van der Waals surface area contributed by atoms with Crippen LogP contribution in [0.25, 0.3) is 0 Å². The molecule has 0 amide bonds. The number of halogens is 1. The summed E-state index contributed by atoms with van der Waals surface area (Å²) in [7, 11) is 0. The third-order valence-corrected chi connectivity index (χ3v) is 2.15. The highest BCUT2D eigenvalue weighted by molar-refractivity contribution is 5.13. The summed E-state index contributed by atoms with van der Waals surface area (Å²) in [6.45, 7) is 6.01. The molecule has 0 fully saturated rings. The number of nitrogens with one attached hydrogen (secondary N) is 1. The highest BCUT2D eigenvalue weighted by atomic mass is 19.1. The van der Waals surface area contributed by atoms with Crippen LogP contribution in [0.2, 0.25) is 0 Å². The first-order valence-electron chi connectivity index (χ1n) is 3.77. The van der Waals surface area contributed by atoms with Crippen molar-refractivity contribution in [1.82, 2.24) is 10.2 Å². The summed E-state index contributed by atoms with van der Waals surface area (Å²) in [6, 6.07) is 0. The molecule has 1 aromatic rings. The summed E-state index contributed by atoms with van der Waals surface area (Å²) in [5, 5.41) is 6.31. The van der Waals surface area contributed by atoms with Crippen molar-refractivity contribution in [3.8, 4) is 0 Å². The van der Waals surface area contributed by atoms with E-state index in [9.17, 15) is 4.39 Å². The summed E-state index contributed by atoms with van der Waals surface area (Å²) >= 11 is 0. The molecule has 0 unspecified atom stereocenters. The second-order valence-electron chi connectivity index (χ2n) is 3.33. The smallest absolute Gasteiger partial charge is 0.164 e. The largest absolute Gasteiger partial charge is 0.279 e. The molecule has 1 heterocycles. The SMILES string of the molecule is CCC(C)(C)c1[nH]ncc1F. The molecule has 1 N–H and O–H groups in total. The van der Waals surface area contributed by atoms with Gasteiger partial charge in [0.1, 0.15) is 0 Å². The van der Waals surface area contributed by atoms with Gasteiger partial charge in [-0.25, -0.2) is 4.39 Å². The van der Waals surface area contributed by atoms with E-state index in [1.165, 1.54) is 6.20 Å². The highest BCUT2D eigenvalue weighted by Crippen LogP contribution is 2.26. The molecule has 0 aliphatic rings. The van der Waals surface area contributed by atoms with Gasteiger partial charge < -0.3 is 0 Å². The number of hydrogen-bond acceptors (Lipinski definition) is 1. The van der Waals surface area contributed by atoms with Gasteiger partial charge in [-0.05, 0) is 6.42 Å². The zero-order valence-corrected chi connectivity index (χ0v) is 7.11. The first-order chi connectivity index (χ1) is 5.08. The van der Waals surface area contributed by atoms with Crippen LogP contribution in [0, 0.1) is 5.82 Å². The number of aromatic amines is 1. The van der Waals surface area contributed by atoms with Gasteiger partial charge >= 0.3 is 0 Å². The maximum Gasteiger partial charge on any atom is 0.164 e. The van der Waals surface area contributed by atoms with E-state index in [1.807, 2.05) is 20.8 Å². The third kappa shape index (κ3) is 1.42. The monoisotopic (exact) mass is 156 g/mol. The average Bonchev–Trinajstić information content (AvgIpc) is 2.36. The van der Waals surface area contributed by atoms with E-state index in [-0.39, 0.29) is 11.2 Å². The normalized spacial score (nSPS) is 12.0. The molecule has 0 atom stereocenters. The van der Waals surface area contributed by atoms with Gasteiger partial charge in [0.05, 0.1) is 11.9 Å². The first kappa shape index (κ1) is 8.24. The maximum atomic E-state index is 12.9. The second-order valence-corrected chi connectivity index (χ2v) is 3.33. The molecule has 0 spiro atoms. The Bertz CT molecular complexity index is 240. The quantitative estimate of drug-likeness (QED) is 0.698. The van der Waals surface area contributed by atoms with E-state index in [2.05, 4.69) is 10.2 Å². The summed E-state index contributed by atoms with van der Waals surface area (Å²) in [6.07, 6.45) is 2.11. The zero-order chi connectivity index (χ0) is 8.48. The molecule has 3 heteroatoms. The van der Waals surface area contributed by atoms with Crippen molar-refractivity contribution in [3.05, 3.63) is 17.7 Å². The number of rotatable bonds is 2. The molecular formula is C8H13FN2. The van der Waals surface area contributed by atoms with Gasteiger partial charge in [-0.3, -0.25) is 5.10 Å². The Kier molecular flexibility index (Phi) is 1.98. The molecule has 0 aliphatic carbocycles. The van der Waals surface area contributed by atoms with Crippen LogP contribution in [0.4, 0.5) is 4.39 Å². The van der Waals surface area contributed by atoms with Crippen LogP contribution >= 0.6 is 0 Å². The van der Waals surface area contributed by atoms with E-state index in [0.717, 1.165) is 6.42 Å². The molecule has 2 nitrogen and oxygen atoms in total. The predicted molar refractivity (Wildman–Crippen MR) is 41.9 cm³/mol. The summed E-state index contributed by atoms with van der Waals surface area (Å²) in [5.41, 5.74) is 0.459. The van der Waals surface area contributed by atoms with Crippen molar-refractivity contribution in [3.63, 3.8) is 0 Å². The van der Waals surface area contributed by atoms with E-state index < -0.39 is 0 Å². The molecule has 11 heavy (non-hydrogen) atoms. The van der Waals surface area contributed by atoms with E-state index >= 15 is 0 Å². The summed E-state index contributed by atoms with van der Waals surface area (Å²) < 4.78 is 12.9. The molecule has 0 aliphatic heterocycles. The lowest BCUT2D eigenvalue weighted by atomic mass is 9.86. The topological polar surface area (TPSA) is 28.7 Å². The molecular weight excluding hydrogens is 143 g/mol. The molecule has 62 valence electrons. The number of hydrogen-bond donors (Lipinski definition) is 1. The standard InChI is InChI=1S/C8H13FN2/c1-4-8(2,3)7-6(9)5-10-11-7/h5H,4H2,1-3H3,(H,10,11). The Morgan fingerprint density at radius 1 is 1.64 bits per heavy atom. The van der Waals surface area contributed by atoms with Gasteiger partial charge in [0.2, 0.25) is 0 Å². The van der Waals surface area contributed by atoms with Gasteiger partial charge in [0.25, 0.3) is 0 Å². The van der Waals surface area contributed by atoms with E-state index in [0.29, 0.717) is 5.69 Å². The van der Waals surface area contributed by atoms with Crippen molar-refractivity contribution in [2.75, 3.05) is 0 Å². The minimum atomic E-state index is -0.239. The van der Waals surface area contributed by atoms with Crippen LogP contribution in [0.15, 0.2) is 6.20 Å². The van der Waals surface area contributed by atoms with Crippen LogP contribution in [-0.4, -0.2) is 10.2 Å². The third-order valence-electron chi connectivity index (χ3n) is 2.15. The Morgan fingerprint density at radius 3 is 2.64 bits per heavy atom. The summed E-state index contributed by atoms with van der Waals surface area (Å²) in [5.74, 6) is -0.239. The fourth-order valence-corrected chi connectivity index (χ4v) is 0.923. The fraction of sp³-hybridized carbons (Fsp3) is 0.625. The van der Waals surface area contributed by atoms with E-state index in [4.69, 9.17) is 0 Å². The second kappa shape index (κ2) is 2.64. The minimum absolute atomic E-state index is 0.138. The number of H-pyrrole nitrogens is 1. The van der Waals surface area contributed by atoms with Crippen molar-refractivity contribution in [2.24, 2.45) is 0 Å². The molecule has 0 aromatic carbocycles. The van der Waals surface area contributed by atoms with Crippen LogP contribution in [0.1, 0.15) is 32.9 Å². The Hall–Kier alpha value is -0.860. The zero-order valence-electron chi connectivity index (χ0n) is 7.11. The molecule has 0 radical (unpaired) electrons. The lowest BCUT2D eigenvalue weighted by Gasteiger charge is -2.20. The maximum absolute atomic E-state index is 12.9. The highest BCUT2D eigenvalue weighted by Gasteiger charge is 2.23. The fourth-order valence-electron chi connectivity index (χ4n) is 0.923. The average molecular weight is 156 g/mol. The predicted octanol–water partition coefficient (Wildman–Crippen LogP) is 2.24. The number of nitrogens with zero attached hydrogens (tertiary/aromatic N) is 1. The number of aromatic nitrogens is 2. The first-order valence-corrected chi connectivity index (χ1v) is 3.77. The van der Waals surface area contributed by atoms with Crippen molar-refractivity contribution in [2.45, 2.75) is 32.6 Å². The van der Waals surface area contributed by atoms with Gasteiger partial charge in [-0.2, -0.15) is 5.10 Å². The molecule has 1 aromatic heterocycles. The van der Waals surface area contributed by atoms with E-state index in [1.54, 1.807) is 0 Å². The van der Waals surface area contributed by atoms with Gasteiger partial charge in [0.15, 0.2) is 5.82 Å². The lowest BCUT2D eigenvalue weighted by Crippen LogP contribution is -2.17. The van der Waals surface area contributed by atoms with Crippen molar-refractivity contribution >= 4 is 0 Å². The van der Waals surface area contributed by atoms with Crippen LogP contribution in [-0.2, 0) is 5.41 Å². The van der Waals surface area contributed by atoms with Crippen LogP contribution < -0.4 is 0 Å². The van der Waals surface area contributed by atoms with Gasteiger partial charge in [0, 0.05) is 5.41 Å². The minimum Gasteiger partial charge on any atom is -0.279 e. The van der Waals surface area contributed by atoms with Crippen molar-refractivity contribution < 1.29 is 4.39 Å². The molecule has 1 rings (SSSR count). The van der Waals surface area contributed by atoms with Crippen LogP contribution in [0.3, 0.4) is 0 Å². The van der Waals surface area contributed by atoms with Gasteiger partial charge in [-0.1, -0.05) is 20.8 Å². The Balaban J connectivity index is 3.00. The molecule has 0 bridgehead atoms. The Labute approximate surface area is 65.8 Å². The summed E-state index contributed by atoms with van der Waals surface area (Å²) in [4.78, 5) is 0. The molecule has 0 saturated heterocycles. The van der Waals surface area contributed by atoms with Gasteiger partial charge in [-0.15, -0.1) is 0 Å².